The Hall–Kier alpha value is -2.75. The van der Waals surface area contributed by atoms with Crippen molar-refractivity contribution in [2.45, 2.75) is 32.7 Å². The Morgan fingerprint density at radius 1 is 1.44 bits per heavy atom. The van der Waals surface area contributed by atoms with Crippen LogP contribution in [0.4, 0.5) is 15.9 Å². The van der Waals surface area contributed by atoms with E-state index in [1.807, 2.05) is 31.9 Å². The Labute approximate surface area is 161 Å². The molecule has 144 valence electrons. The number of urea groups is 1. The van der Waals surface area contributed by atoms with Gasteiger partial charge in [-0.25, -0.2) is 19.7 Å². The Morgan fingerprint density at radius 3 is 2.93 bits per heavy atom. The van der Waals surface area contributed by atoms with Gasteiger partial charge in [-0.2, -0.15) is 0 Å². The first kappa shape index (κ1) is 19.0. The van der Waals surface area contributed by atoms with Crippen molar-refractivity contribution in [2.75, 3.05) is 30.4 Å². The standard InChI is InChI=1S/C17H23N7O2S/c1-4-23(3)15-19-8-7-11(21-15)13-10(2)20-16(27-13)22-17(26)24-9-5-6-12(24)14(18)25/h7-8,12H,4-6,9H2,1-3H3,(H2,18,25)(H,20,22,26). The molecule has 1 atom stereocenters. The van der Waals surface area contributed by atoms with E-state index in [0.29, 0.717) is 24.0 Å². The number of rotatable bonds is 5. The van der Waals surface area contributed by atoms with Gasteiger partial charge in [0.05, 0.1) is 16.3 Å². The number of likely N-dealkylation sites (tertiary alicyclic amines) is 1. The maximum absolute atomic E-state index is 12.5. The van der Waals surface area contributed by atoms with Crippen LogP contribution in [0.1, 0.15) is 25.5 Å². The molecule has 3 amide bonds. The first-order valence-corrected chi connectivity index (χ1v) is 9.61. The van der Waals surface area contributed by atoms with Gasteiger partial charge in [-0.1, -0.05) is 11.3 Å². The molecule has 1 aliphatic rings. The van der Waals surface area contributed by atoms with Crippen LogP contribution in [0.25, 0.3) is 10.6 Å². The molecule has 1 fully saturated rings. The summed E-state index contributed by atoms with van der Waals surface area (Å²) in [5.41, 5.74) is 6.91. The molecule has 0 aliphatic carbocycles. The van der Waals surface area contributed by atoms with Gasteiger partial charge in [0.2, 0.25) is 11.9 Å². The molecule has 3 rings (SSSR count). The number of nitrogens with one attached hydrogen (secondary N) is 1. The monoisotopic (exact) mass is 389 g/mol. The molecule has 10 heteroatoms. The summed E-state index contributed by atoms with van der Waals surface area (Å²) in [4.78, 5) is 41.6. The summed E-state index contributed by atoms with van der Waals surface area (Å²) in [6.45, 7) is 5.20. The number of aromatic nitrogens is 3. The number of hydrogen-bond donors (Lipinski definition) is 2. The molecule has 0 aromatic carbocycles. The zero-order valence-corrected chi connectivity index (χ0v) is 16.4. The molecule has 0 spiro atoms. The van der Waals surface area contributed by atoms with Crippen molar-refractivity contribution in [1.29, 1.82) is 0 Å². The summed E-state index contributed by atoms with van der Waals surface area (Å²) in [5.74, 6) is 0.155. The van der Waals surface area contributed by atoms with Gasteiger partial charge in [-0.3, -0.25) is 10.1 Å². The highest BCUT2D eigenvalue weighted by atomic mass is 32.1. The van der Waals surface area contributed by atoms with Crippen LogP contribution in [0, 0.1) is 6.92 Å². The van der Waals surface area contributed by atoms with Crippen molar-refractivity contribution in [3.63, 3.8) is 0 Å². The third-order valence-corrected chi connectivity index (χ3v) is 5.64. The number of amides is 3. The van der Waals surface area contributed by atoms with E-state index >= 15 is 0 Å². The van der Waals surface area contributed by atoms with Gasteiger partial charge in [-0.15, -0.1) is 0 Å². The Bertz CT molecular complexity index is 854. The van der Waals surface area contributed by atoms with Crippen LogP contribution in [-0.4, -0.2) is 58.0 Å². The minimum atomic E-state index is -0.556. The fourth-order valence-electron chi connectivity index (χ4n) is 2.96. The Balaban J connectivity index is 1.79. The number of hydrogen-bond acceptors (Lipinski definition) is 7. The number of carbonyl (C=O) groups excluding carboxylic acids is 2. The minimum absolute atomic E-state index is 0.356. The zero-order valence-electron chi connectivity index (χ0n) is 15.6. The highest BCUT2D eigenvalue weighted by Crippen LogP contribution is 2.32. The smallest absolute Gasteiger partial charge is 0.324 e. The number of anilines is 2. The summed E-state index contributed by atoms with van der Waals surface area (Å²) >= 11 is 1.34. The maximum Gasteiger partial charge on any atom is 0.324 e. The lowest BCUT2D eigenvalue weighted by Gasteiger charge is -2.21. The average molecular weight is 389 g/mol. The largest absolute Gasteiger partial charge is 0.368 e. The first-order valence-electron chi connectivity index (χ1n) is 8.79. The quantitative estimate of drug-likeness (QED) is 0.806. The molecule has 9 nitrogen and oxygen atoms in total. The first-order chi connectivity index (χ1) is 12.9. The summed E-state index contributed by atoms with van der Waals surface area (Å²) in [6.07, 6.45) is 3.07. The van der Waals surface area contributed by atoms with E-state index in [-0.39, 0.29) is 6.03 Å². The maximum atomic E-state index is 12.5. The second-order valence-corrected chi connectivity index (χ2v) is 7.37. The molecule has 2 aromatic heterocycles. The van der Waals surface area contributed by atoms with Crippen LogP contribution in [0.3, 0.4) is 0 Å². The molecule has 1 unspecified atom stereocenters. The van der Waals surface area contributed by atoms with Gasteiger partial charge >= 0.3 is 6.03 Å². The lowest BCUT2D eigenvalue weighted by Crippen LogP contribution is -2.45. The van der Waals surface area contributed by atoms with Gasteiger partial charge in [0.1, 0.15) is 6.04 Å². The van der Waals surface area contributed by atoms with Crippen molar-refractivity contribution in [2.24, 2.45) is 5.73 Å². The second kappa shape index (κ2) is 7.87. The normalized spacial score (nSPS) is 16.4. The number of aryl methyl sites for hydroxylation is 1. The Morgan fingerprint density at radius 2 is 2.22 bits per heavy atom. The van der Waals surface area contributed by atoms with Crippen molar-refractivity contribution in [1.82, 2.24) is 19.9 Å². The number of thiazole rings is 1. The molecule has 0 bridgehead atoms. The summed E-state index contributed by atoms with van der Waals surface area (Å²) in [5, 5.41) is 3.25. The molecule has 0 radical (unpaired) electrons. The number of nitrogens with zero attached hydrogens (tertiary/aromatic N) is 5. The van der Waals surface area contributed by atoms with Crippen LogP contribution >= 0.6 is 11.3 Å². The predicted octanol–water partition coefficient (Wildman–Crippen LogP) is 1.85. The van der Waals surface area contributed by atoms with E-state index in [1.54, 1.807) is 6.20 Å². The summed E-state index contributed by atoms with van der Waals surface area (Å²) < 4.78 is 0. The zero-order chi connectivity index (χ0) is 19.6. The molecule has 27 heavy (non-hydrogen) atoms. The number of primary amides is 1. The molecular weight excluding hydrogens is 366 g/mol. The lowest BCUT2D eigenvalue weighted by molar-refractivity contribution is -0.121. The third-order valence-electron chi connectivity index (χ3n) is 4.54. The molecule has 0 saturated carbocycles. The van der Waals surface area contributed by atoms with E-state index in [1.165, 1.54) is 16.2 Å². The summed E-state index contributed by atoms with van der Waals surface area (Å²) in [6, 6.07) is 0.910. The molecule has 1 saturated heterocycles. The molecular formula is C17H23N7O2S. The van der Waals surface area contributed by atoms with E-state index in [4.69, 9.17) is 5.73 Å². The van der Waals surface area contributed by atoms with Gasteiger partial charge < -0.3 is 15.5 Å². The van der Waals surface area contributed by atoms with E-state index < -0.39 is 11.9 Å². The molecule has 3 N–H and O–H groups in total. The van der Waals surface area contributed by atoms with Gasteiger partial charge in [-0.05, 0) is 32.8 Å². The van der Waals surface area contributed by atoms with Crippen LogP contribution < -0.4 is 16.0 Å². The van der Waals surface area contributed by atoms with Crippen molar-refractivity contribution < 1.29 is 9.59 Å². The fourth-order valence-corrected chi connectivity index (χ4v) is 3.88. The van der Waals surface area contributed by atoms with Crippen LogP contribution in [0.15, 0.2) is 12.3 Å². The minimum Gasteiger partial charge on any atom is -0.368 e. The number of nitrogens with two attached hydrogens (primary N) is 1. The van der Waals surface area contributed by atoms with Gasteiger partial charge in [0, 0.05) is 26.3 Å². The van der Waals surface area contributed by atoms with Crippen molar-refractivity contribution >= 4 is 34.4 Å². The van der Waals surface area contributed by atoms with Gasteiger partial charge in [0.15, 0.2) is 5.13 Å². The highest BCUT2D eigenvalue weighted by molar-refractivity contribution is 7.19. The van der Waals surface area contributed by atoms with Crippen molar-refractivity contribution in [3.8, 4) is 10.6 Å². The molecule has 1 aliphatic heterocycles. The summed E-state index contributed by atoms with van der Waals surface area (Å²) in [7, 11) is 1.93. The predicted molar refractivity (Wildman–Crippen MR) is 105 cm³/mol. The average Bonchev–Trinajstić information content (AvgIpc) is 3.28. The second-order valence-electron chi connectivity index (χ2n) is 6.37. The van der Waals surface area contributed by atoms with Crippen LogP contribution in [0.5, 0.6) is 0 Å². The lowest BCUT2D eigenvalue weighted by atomic mass is 10.2. The van der Waals surface area contributed by atoms with Crippen LogP contribution in [-0.2, 0) is 4.79 Å². The highest BCUT2D eigenvalue weighted by Gasteiger charge is 2.33. The van der Waals surface area contributed by atoms with Crippen LogP contribution in [0.2, 0.25) is 0 Å². The number of carbonyl (C=O) groups is 2. The van der Waals surface area contributed by atoms with E-state index in [2.05, 4.69) is 20.3 Å². The fraction of sp³-hybridized carbons (Fsp3) is 0.471. The van der Waals surface area contributed by atoms with Crippen molar-refractivity contribution in [3.05, 3.63) is 18.0 Å². The van der Waals surface area contributed by atoms with Gasteiger partial charge in [0.25, 0.3) is 0 Å². The Kier molecular flexibility index (Phi) is 5.54. The topological polar surface area (TPSA) is 117 Å². The van der Waals surface area contributed by atoms with E-state index in [0.717, 1.165) is 29.2 Å². The van der Waals surface area contributed by atoms with E-state index in [9.17, 15) is 9.59 Å². The molecule has 3 heterocycles. The SMILES string of the molecule is CCN(C)c1nccc(-c2sc(NC(=O)N3CCCC3C(N)=O)nc2C)n1. The third kappa shape index (κ3) is 4.00. The molecule has 2 aromatic rings.